The van der Waals surface area contributed by atoms with Crippen LogP contribution in [-0.2, 0) is 11.3 Å². The quantitative estimate of drug-likeness (QED) is 0.880. The molecule has 0 aliphatic carbocycles. The standard InChI is InChI=1S/C16H17F2NO/c1-11(15-7-6-13(17)9-16(15)18)19-14-5-3-4-12(8-14)10-20-2/h3-9,11,19H,10H2,1-2H3. The fraction of sp³-hybridized carbons (Fsp3) is 0.250. The summed E-state index contributed by atoms with van der Waals surface area (Å²) in [5.41, 5.74) is 2.34. The molecular weight excluding hydrogens is 260 g/mol. The molecule has 2 nitrogen and oxygen atoms in total. The van der Waals surface area contributed by atoms with Crippen LogP contribution in [0.25, 0.3) is 0 Å². The SMILES string of the molecule is COCc1cccc(NC(C)c2ccc(F)cc2F)c1. The van der Waals surface area contributed by atoms with Crippen molar-refractivity contribution < 1.29 is 13.5 Å². The lowest BCUT2D eigenvalue weighted by Gasteiger charge is -2.17. The maximum Gasteiger partial charge on any atom is 0.131 e. The number of anilines is 1. The van der Waals surface area contributed by atoms with Gasteiger partial charge in [0.15, 0.2) is 0 Å². The van der Waals surface area contributed by atoms with Gasteiger partial charge in [0, 0.05) is 24.4 Å². The topological polar surface area (TPSA) is 21.3 Å². The zero-order chi connectivity index (χ0) is 14.5. The van der Waals surface area contributed by atoms with Crippen LogP contribution in [0.2, 0.25) is 0 Å². The highest BCUT2D eigenvalue weighted by Gasteiger charge is 2.11. The minimum Gasteiger partial charge on any atom is -0.380 e. The van der Waals surface area contributed by atoms with Crippen molar-refractivity contribution in [3.05, 3.63) is 65.2 Å². The molecule has 0 aliphatic heterocycles. The second kappa shape index (κ2) is 6.48. The number of halogens is 2. The molecule has 0 radical (unpaired) electrons. The van der Waals surface area contributed by atoms with Gasteiger partial charge in [0.05, 0.1) is 12.6 Å². The van der Waals surface area contributed by atoms with Gasteiger partial charge in [0.2, 0.25) is 0 Å². The largest absolute Gasteiger partial charge is 0.380 e. The fourth-order valence-corrected chi connectivity index (χ4v) is 2.10. The highest BCUT2D eigenvalue weighted by atomic mass is 19.1. The highest BCUT2D eigenvalue weighted by molar-refractivity contribution is 5.47. The number of ether oxygens (including phenoxy) is 1. The molecule has 0 amide bonds. The van der Waals surface area contributed by atoms with Gasteiger partial charge < -0.3 is 10.1 Å². The van der Waals surface area contributed by atoms with E-state index in [1.165, 1.54) is 12.1 Å². The normalized spacial score (nSPS) is 12.2. The molecule has 0 saturated heterocycles. The van der Waals surface area contributed by atoms with Crippen LogP contribution in [0.4, 0.5) is 14.5 Å². The monoisotopic (exact) mass is 277 g/mol. The van der Waals surface area contributed by atoms with Crippen molar-refractivity contribution in [3.8, 4) is 0 Å². The Kier molecular flexibility index (Phi) is 4.69. The second-order valence-corrected chi connectivity index (χ2v) is 4.67. The van der Waals surface area contributed by atoms with E-state index in [-0.39, 0.29) is 6.04 Å². The Labute approximate surface area is 117 Å². The van der Waals surface area contributed by atoms with Crippen LogP contribution >= 0.6 is 0 Å². The van der Waals surface area contributed by atoms with Crippen LogP contribution < -0.4 is 5.32 Å². The summed E-state index contributed by atoms with van der Waals surface area (Å²) in [4.78, 5) is 0. The van der Waals surface area contributed by atoms with Gasteiger partial charge in [-0.2, -0.15) is 0 Å². The second-order valence-electron chi connectivity index (χ2n) is 4.67. The van der Waals surface area contributed by atoms with Gasteiger partial charge in [0.25, 0.3) is 0 Å². The first-order valence-corrected chi connectivity index (χ1v) is 6.39. The van der Waals surface area contributed by atoms with Crippen molar-refractivity contribution in [2.45, 2.75) is 19.6 Å². The van der Waals surface area contributed by atoms with Gasteiger partial charge in [0.1, 0.15) is 11.6 Å². The Morgan fingerprint density at radius 2 is 1.95 bits per heavy atom. The molecule has 1 atom stereocenters. The first-order valence-electron chi connectivity index (χ1n) is 6.39. The zero-order valence-corrected chi connectivity index (χ0v) is 11.5. The molecule has 1 unspecified atom stereocenters. The molecule has 0 aliphatic rings. The average Bonchev–Trinajstić information content (AvgIpc) is 2.39. The molecule has 2 aromatic rings. The minimum absolute atomic E-state index is 0.256. The van der Waals surface area contributed by atoms with Crippen LogP contribution in [0.5, 0.6) is 0 Å². The maximum absolute atomic E-state index is 13.7. The third-order valence-electron chi connectivity index (χ3n) is 3.05. The van der Waals surface area contributed by atoms with E-state index in [9.17, 15) is 8.78 Å². The molecule has 1 N–H and O–H groups in total. The van der Waals surface area contributed by atoms with Crippen molar-refractivity contribution in [2.24, 2.45) is 0 Å². The van der Waals surface area contributed by atoms with Gasteiger partial charge in [-0.25, -0.2) is 8.78 Å². The van der Waals surface area contributed by atoms with Gasteiger partial charge in [-0.05, 0) is 30.7 Å². The number of methoxy groups -OCH3 is 1. The Morgan fingerprint density at radius 3 is 2.65 bits per heavy atom. The molecule has 0 fully saturated rings. The van der Waals surface area contributed by atoms with Crippen molar-refractivity contribution in [3.63, 3.8) is 0 Å². The minimum atomic E-state index is -0.569. The van der Waals surface area contributed by atoms with Crippen LogP contribution in [0.3, 0.4) is 0 Å². The molecule has 0 bridgehead atoms. The fourth-order valence-electron chi connectivity index (χ4n) is 2.10. The van der Waals surface area contributed by atoms with Crippen LogP contribution in [0.15, 0.2) is 42.5 Å². The Bertz CT molecular complexity index is 586. The van der Waals surface area contributed by atoms with Crippen molar-refractivity contribution in [1.29, 1.82) is 0 Å². The van der Waals surface area contributed by atoms with Crippen LogP contribution in [-0.4, -0.2) is 7.11 Å². The Balaban J connectivity index is 2.14. The third-order valence-corrected chi connectivity index (χ3v) is 3.05. The van der Waals surface area contributed by atoms with E-state index in [0.717, 1.165) is 17.3 Å². The van der Waals surface area contributed by atoms with Crippen LogP contribution in [0, 0.1) is 11.6 Å². The number of hydrogen-bond acceptors (Lipinski definition) is 2. The molecule has 0 aromatic heterocycles. The molecule has 106 valence electrons. The summed E-state index contributed by atoms with van der Waals surface area (Å²) in [5, 5.41) is 3.20. The summed E-state index contributed by atoms with van der Waals surface area (Å²) in [6, 6.07) is 11.1. The van der Waals surface area contributed by atoms with E-state index in [1.807, 2.05) is 31.2 Å². The Hall–Kier alpha value is -1.94. The molecule has 2 aromatic carbocycles. The molecule has 2 rings (SSSR count). The summed E-state index contributed by atoms with van der Waals surface area (Å²) in [6.07, 6.45) is 0. The van der Waals surface area contributed by atoms with Gasteiger partial charge in [-0.1, -0.05) is 18.2 Å². The lowest BCUT2D eigenvalue weighted by atomic mass is 10.1. The van der Waals surface area contributed by atoms with Crippen molar-refractivity contribution >= 4 is 5.69 Å². The molecule has 20 heavy (non-hydrogen) atoms. The third kappa shape index (κ3) is 3.54. The Morgan fingerprint density at radius 1 is 1.15 bits per heavy atom. The zero-order valence-electron chi connectivity index (χ0n) is 11.5. The number of hydrogen-bond donors (Lipinski definition) is 1. The number of rotatable bonds is 5. The van der Waals surface area contributed by atoms with E-state index in [4.69, 9.17) is 4.74 Å². The molecular formula is C16H17F2NO. The highest BCUT2D eigenvalue weighted by Crippen LogP contribution is 2.23. The summed E-state index contributed by atoms with van der Waals surface area (Å²) in [6.45, 7) is 2.36. The van der Waals surface area contributed by atoms with E-state index < -0.39 is 11.6 Å². The summed E-state index contributed by atoms with van der Waals surface area (Å²) in [5.74, 6) is -1.11. The number of benzene rings is 2. The van der Waals surface area contributed by atoms with Crippen molar-refractivity contribution in [1.82, 2.24) is 0 Å². The first kappa shape index (κ1) is 14.5. The molecule has 0 saturated carbocycles. The molecule has 0 spiro atoms. The van der Waals surface area contributed by atoms with Gasteiger partial charge in [-0.3, -0.25) is 0 Å². The van der Waals surface area contributed by atoms with E-state index in [0.29, 0.717) is 12.2 Å². The average molecular weight is 277 g/mol. The van der Waals surface area contributed by atoms with E-state index in [2.05, 4.69) is 5.32 Å². The van der Waals surface area contributed by atoms with Crippen LogP contribution in [0.1, 0.15) is 24.1 Å². The lowest BCUT2D eigenvalue weighted by molar-refractivity contribution is 0.185. The summed E-state index contributed by atoms with van der Waals surface area (Å²) >= 11 is 0. The van der Waals surface area contributed by atoms with Gasteiger partial charge >= 0.3 is 0 Å². The molecule has 4 heteroatoms. The van der Waals surface area contributed by atoms with E-state index >= 15 is 0 Å². The lowest BCUT2D eigenvalue weighted by Crippen LogP contribution is -2.09. The molecule has 0 heterocycles. The maximum atomic E-state index is 13.7. The van der Waals surface area contributed by atoms with Crippen molar-refractivity contribution in [2.75, 3.05) is 12.4 Å². The van der Waals surface area contributed by atoms with Gasteiger partial charge in [-0.15, -0.1) is 0 Å². The summed E-state index contributed by atoms with van der Waals surface area (Å²) < 4.78 is 31.7. The van der Waals surface area contributed by atoms with E-state index in [1.54, 1.807) is 7.11 Å². The first-order chi connectivity index (χ1) is 9.60. The summed E-state index contributed by atoms with van der Waals surface area (Å²) in [7, 11) is 1.64. The smallest absolute Gasteiger partial charge is 0.131 e. The number of nitrogens with one attached hydrogen (secondary N) is 1. The predicted molar refractivity (Wildman–Crippen MR) is 75.6 cm³/mol. The predicted octanol–water partition coefficient (Wildman–Crippen LogP) is 4.28.